The highest BCUT2D eigenvalue weighted by atomic mass is 16.5. The van der Waals surface area contributed by atoms with E-state index in [0.717, 1.165) is 23.4 Å². The maximum Gasteiger partial charge on any atom is 0.331 e. The molecule has 0 spiro atoms. The lowest BCUT2D eigenvalue weighted by Gasteiger charge is -2.10. The smallest absolute Gasteiger partial charge is 0.331 e. The number of aromatic amines is 1. The van der Waals surface area contributed by atoms with Crippen molar-refractivity contribution in [3.05, 3.63) is 69.6 Å². The van der Waals surface area contributed by atoms with Gasteiger partial charge in [-0.1, -0.05) is 25.1 Å². The van der Waals surface area contributed by atoms with Gasteiger partial charge in [0.05, 0.1) is 36.2 Å². The second-order valence-corrected chi connectivity index (χ2v) is 6.84. The molecule has 3 aromatic heterocycles. The van der Waals surface area contributed by atoms with E-state index in [2.05, 4.69) is 10.1 Å². The Bertz CT molecular complexity index is 1250. The first-order valence-corrected chi connectivity index (χ1v) is 9.59. The summed E-state index contributed by atoms with van der Waals surface area (Å²) in [7, 11) is 1.55. The van der Waals surface area contributed by atoms with Crippen LogP contribution in [0.3, 0.4) is 0 Å². The van der Waals surface area contributed by atoms with E-state index in [-0.39, 0.29) is 17.8 Å². The number of fused-ring (bicyclic) bond motifs is 1. The van der Waals surface area contributed by atoms with Gasteiger partial charge in [-0.15, -0.1) is 0 Å². The Labute approximate surface area is 167 Å². The van der Waals surface area contributed by atoms with Crippen molar-refractivity contribution in [3.63, 3.8) is 0 Å². The third kappa shape index (κ3) is 3.42. The molecule has 0 aliphatic carbocycles. The molecular formula is C21H23N5O3. The SMILES string of the molecule is CCCn1c(=O)n(CCOC)c(=O)c2[nH]c(-c3cnn(-c4ccccc4)c3)cc21. The first-order valence-electron chi connectivity index (χ1n) is 9.59. The summed E-state index contributed by atoms with van der Waals surface area (Å²) in [5.74, 6) is 0. The second-order valence-electron chi connectivity index (χ2n) is 6.84. The third-order valence-corrected chi connectivity index (χ3v) is 4.89. The molecule has 1 N–H and O–H groups in total. The van der Waals surface area contributed by atoms with Gasteiger partial charge in [0.15, 0.2) is 0 Å². The topological polar surface area (TPSA) is 86.8 Å². The quantitative estimate of drug-likeness (QED) is 0.522. The molecule has 0 aliphatic rings. The van der Waals surface area contributed by atoms with E-state index >= 15 is 0 Å². The average Bonchev–Trinajstić information content (AvgIpc) is 3.39. The van der Waals surface area contributed by atoms with Crippen LogP contribution in [0.5, 0.6) is 0 Å². The molecule has 0 saturated heterocycles. The Balaban J connectivity index is 1.85. The predicted molar refractivity (Wildman–Crippen MR) is 112 cm³/mol. The van der Waals surface area contributed by atoms with Crippen molar-refractivity contribution in [1.82, 2.24) is 23.9 Å². The Morgan fingerprint density at radius 2 is 1.90 bits per heavy atom. The number of hydrogen-bond acceptors (Lipinski definition) is 4. The van der Waals surface area contributed by atoms with Crippen molar-refractivity contribution < 1.29 is 4.74 Å². The fourth-order valence-electron chi connectivity index (χ4n) is 3.45. The molecule has 150 valence electrons. The van der Waals surface area contributed by atoms with Crippen LogP contribution in [0.2, 0.25) is 0 Å². The highest BCUT2D eigenvalue weighted by Gasteiger charge is 2.17. The summed E-state index contributed by atoms with van der Waals surface area (Å²) in [4.78, 5) is 29.0. The summed E-state index contributed by atoms with van der Waals surface area (Å²) >= 11 is 0. The minimum Gasteiger partial charge on any atom is -0.383 e. The number of hydrogen-bond donors (Lipinski definition) is 1. The number of ether oxygens (including phenoxy) is 1. The number of aryl methyl sites for hydroxylation is 1. The van der Waals surface area contributed by atoms with Gasteiger partial charge < -0.3 is 9.72 Å². The van der Waals surface area contributed by atoms with E-state index in [9.17, 15) is 9.59 Å². The van der Waals surface area contributed by atoms with Crippen LogP contribution in [0, 0.1) is 0 Å². The van der Waals surface area contributed by atoms with E-state index < -0.39 is 0 Å². The van der Waals surface area contributed by atoms with Crippen LogP contribution >= 0.6 is 0 Å². The van der Waals surface area contributed by atoms with Gasteiger partial charge >= 0.3 is 5.69 Å². The number of H-pyrrole nitrogens is 1. The maximum absolute atomic E-state index is 12.9. The molecule has 8 nitrogen and oxygen atoms in total. The van der Waals surface area contributed by atoms with Gasteiger partial charge in [0.1, 0.15) is 5.52 Å². The van der Waals surface area contributed by atoms with E-state index in [1.165, 1.54) is 4.57 Å². The lowest BCUT2D eigenvalue weighted by Crippen LogP contribution is -2.40. The summed E-state index contributed by atoms with van der Waals surface area (Å²) in [5.41, 5.74) is 2.90. The standard InChI is InChI=1S/C21H23N5O3/c1-3-9-24-18-12-17(15-13-22-26(14-15)16-7-5-4-6-8-16)23-19(18)20(27)25(21(24)28)10-11-29-2/h4-8,12-14,23H,3,9-11H2,1-2H3. The van der Waals surface area contributed by atoms with Crippen molar-refractivity contribution in [2.45, 2.75) is 26.4 Å². The number of nitrogens with one attached hydrogen (secondary N) is 1. The number of nitrogens with zero attached hydrogens (tertiary/aromatic N) is 4. The Kier molecular flexibility index (Phi) is 5.18. The molecule has 0 saturated carbocycles. The first kappa shape index (κ1) is 18.9. The van der Waals surface area contributed by atoms with Crippen molar-refractivity contribution in [3.8, 4) is 16.9 Å². The van der Waals surface area contributed by atoms with Gasteiger partial charge in [-0.3, -0.25) is 13.9 Å². The first-order chi connectivity index (χ1) is 14.1. The van der Waals surface area contributed by atoms with Crippen LogP contribution in [0.25, 0.3) is 28.0 Å². The lowest BCUT2D eigenvalue weighted by atomic mass is 10.2. The van der Waals surface area contributed by atoms with Gasteiger partial charge in [0.2, 0.25) is 0 Å². The molecule has 0 amide bonds. The molecule has 0 bridgehead atoms. The fraction of sp³-hybridized carbons (Fsp3) is 0.286. The average molecular weight is 393 g/mol. The van der Waals surface area contributed by atoms with Crippen molar-refractivity contribution >= 4 is 11.0 Å². The fourth-order valence-corrected chi connectivity index (χ4v) is 3.45. The molecule has 0 atom stereocenters. The summed E-state index contributed by atoms with van der Waals surface area (Å²) in [5, 5.41) is 4.42. The van der Waals surface area contributed by atoms with E-state index in [1.807, 2.05) is 49.5 Å². The van der Waals surface area contributed by atoms with Gasteiger partial charge in [0, 0.05) is 25.4 Å². The van der Waals surface area contributed by atoms with Crippen LogP contribution in [-0.2, 0) is 17.8 Å². The number of aromatic nitrogens is 5. The number of para-hydroxylation sites is 1. The number of methoxy groups -OCH3 is 1. The van der Waals surface area contributed by atoms with Crippen LogP contribution < -0.4 is 11.2 Å². The highest BCUT2D eigenvalue weighted by Crippen LogP contribution is 2.23. The zero-order chi connectivity index (χ0) is 20.4. The number of rotatable bonds is 7. The van der Waals surface area contributed by atoms with Crippen molar-refractivity contribution in [2.75, 3.05) is 13.7 Å². The van der Waals surface area contributed by atoms with Gasteiger partial charge in [0.25, 0.3) is 5.56 Å². The Hall–Kier alpha value is -3.39. The Morgan fingerprint density at radius 1 is 1.10 bits per heavy atom. The highest BCUT2D eigenvalue weighted by molar-refractivity contribution is 5.82. The lowest BCUT2D eigenvalue weighted by molar-refractivity contribution is 0.184. The maximum atomic E-state index is 12.9. The van der Waals surface area contributed by atoms with E-state index in [4.69, 9.17) is 4.74 Å². The molecule has 3 heterocycles. The monoisotopic (exact) mass is 393 g/mol. The molecule has 0 radical (unpaired) electrons. The van der Waals surface area contributed by atoms with Gasteiger partial charge in [-0.25, -0.2) is 9.48 Å². The molecular weight excluding hydrogens is 370 g/mol. The molecule has 4 aromatic rings. The predicted octanol–water partition coefficient (Wildman–Crippen LogP) is 2.40. The zero-order valence-corrected chi connectivity index (χ0v) is 16.5. The van der Waals surface area contributed by atoms with E-state index in [0.29, 0.717) is 24.2 Å². The Morgan fingerprint density at radius 3 is 2.62 bits per heavy atom. The third-order valence-electron chi connectivity index (χ3n) is 4.89. The largest absolute Gasteiger partial charge is 0.383 e. The normalized spacial score (nSPS) is 11.4. The molecule has 29 heavy (non-hydrogen) atoms. The molecule has 1 aromatic carbocycles. The summed E-state index contributed by atoms with van der Waals surface area (Å²) < 4.78 is 9.71. The van der Waals surface area contributed by atoms with Crippen molar-refractivity contribution in [1.29, 1.82) is 0 Å². The minimum absolute atomic E-state index is 0.216. The summed E-state index contributed by atoms with van der Waals surface area (Å²) in [6.07, 6.45) is 4.42. The molecule has 4 rings (SSSR count). The van der Waals surface area contributed by atoms with E-state index in [1.54, 1.807) is 22.6 Å². The minimum atomic E-state index is -0.337. The van der Waals surface area contributed by atoms with Crippen LogP contribution in [0.4, 0.5) is 0 Å². The van der Waals surface area contributed by atoms with Crippen LogP contribution in [0.1, 0.15) is 13.3 Å². The molecule has 0 fully saturated rings. The van der Waals surface area contributed by atoms with Gasteiger partial charge in [-0.05, 0) is 24.6 Å². The van der Waals surface area contributed by atoms with Crippen LogP contribution in [0.15, 0.2) is 58.4 Å². The molecule has 0 unspecified atom stereocenters. The molecule has 0 aliphatic heterocycles. The summed E-state index contributed by atoms with van der Waals surface area (Å²) in [6, 6.07) is 11.6. The zero-order valence-electron chi connectivity index (χ0n) is 16.5. The summed E-state index contributed by atoms with van der Waals surface area (Å²) in [6.45, 7) is 3.04. The van der Waals surface area contributed by atoms with Crippen molar-refractivity contribution in [2.24, 2.45) is 0 Å². The number of benzene rings is 1. The second kappa shape index (κ2) is 7.92. The molecule has 8 heteroatoms. The van der Waals surface area contributed by atoms with Gasteiger partial charge in [-0.2, -0.15) is 5.10 Å². The van der Waals surface area contributed by atoms with Crippen LogP contribution in [-0.4, -0.2) is 37.6 Å².